The van der Waals surface area contributed by atoms with E-state index in [2.05, 4.69) is 13.8 Å². The zero-order valence-electron chi connectivity index (χ0n) is 11.7. The van der Waals surface area contributed by atoms with Crippen LogP contribution in [0, 0.1) is 11.8 Å². The number of hydrogen-bond acceptors (Lipinski definition) is 3. The van der Waals surface area contributed by atoms with E-state index < -0.39 is 0 Å². The monoisotopic (exact) mass is 263 g/mol. The number of benzene rings is 1. The fourth-order valence-electron chi connectivity index (χ4n) is 2.52. The summed E-state index contributed by atoms with van der Waals surface area (Å²) in [5, 5.41) is 9.73. The van der Waals surface area contributed by atoms with E-state index in [-0.39, 0.29) is 11.7 Å². The van der Waals surface area contributed by atoms with Gasteiger partial charge in [-0.1, -0.05) is 13.8 Å². The lowest BCUT2D eigenvalue weighted by atomic mass is 9.95. The van der Waals surface area contributed by atoms with Gasteiger partial charge in [-0.05, 0) is 36.5 Å². The third kappa shape index (κ3) is 2.83. The van der Waals surface area contributed by atoms with E-state index in [0.717, 1.165) is 19.5 Å². The van der Waals surface area contributed by atoms with Gasteiger partial charge in [0.05, 0.1) is 7.11 Å². The third-order valence-electron chi connectivity index (χ3n) is 3.88. The Kier molecular flexibility index (Phi) is 3.98. The Morgan fingerprint density at radius 1 is 1.47 bits per heavy atom. The Bertz CT molecular complexity index is 470. The molecule has 1 amide bonds. The maximum Gasteiger partial charge on any atom is 0.254 e. The van der Waals surface area contributed by atoms with Gasteiger partial charge in [0.25, 0.3) is 5.91 Å². The number of ether oxygens (including phenoxy) is 1. The number of rotatable bonds is 3. The fourth-order valence-corrected chi connectivity index (χ4v) is 2.52. The minimum absolute atomic E-state index is 0.00737. The quantitative estimate of drug-likeness (QED) is 0.911. The van der Waals surface area contributed by atoms with Crippen LogP contribution in [0.4, 0.5) is 0 Å². The van der Waals surface area contributed by atoms with Gasteiger partial charge in [-0.3, -0.25) is 4.79 Å². The van der Waals surface area contributed by atoms with Gasteiger partial charge in [0.1, 0.15) is 0 Å². The van der Waals surface area contributed by atoms with Gasteiger partial charge in [0, 0.05) is 18.7 Å². The summed E-state index contributed by atoms with van der Waals surface area (Å²) in [6, 6.07) is 4.80. The Balaban J connectivity index is 2.10. The van der Waals surface area contributed by atoms with E-state index >= 15 is 0 Å². The predicted molar refractivity (Wildman–Crippen MR) is 73.5 cm³/mol. The van der Waals surface area contributed by atoms with E-state index in [0.29, 0.717) is 23.1 Å². The number of amides is 1. The van der Waals surface area contributed by atoms with Crippen molar-refractivity contribution in [3.8, 4) is 11.5 Å². The molecule has 1 N–H and O–H groups in total. The lowest BCUT2D eigenvalue weighted by Crippen LogP contribution is -2.29. The van der Waals surface area contributed by atoms with Crippen molar-refractivity contribution in [1.29, 1.82) is 0 Å². The first-order chi connectivity index (χ1) is 9.02. The summed E-state index contributed by atoms with van der Waals surface area (Å²) in [7, 11) is 1.49. The van der Waals surface area contributed by atoms with Gasteiger partial charge in [0.2, 0.25) is 0 Å². The number of methoxy groups -OCH3 is 1. The highest BCUT2D eigenvalue weighted by molar-refractivity contribution is 5.95. The van der Waals surface area contributed by atoms with Crippen molar-refractivity contribution in [1.82, 2.24) is 4.90 Å². The molecule has 1 aliphatic rings. The van der Waals surface area contributed by atoms with Crippen LogP contribution in [0.1, 0.15) is 30.6 Å². The molecular formula is C15H21NO3. The van der Waals surface area contributed by atoms with Crippen molar-refractivity contribution >= 4 is 5.91 Å². The first-order valence-corrected chi connectivity index (χ1v) is 6.69. The van der Waals surface area contributed by atoms with Crippen LogP contribution in [0.5, 0.6) is 11.5 Å². The first kappa shape index (κ1) is 13.7. The van der Waals surface area contributed by atoms with E-state index in [1.807, 2.05) is 4.90 Å². The largest absolute Gasteiger partial charge is 0.504 e. The number of hydrogen-bond donors (Lipinski definition) is 1. The zero-order chi connectivity index (χ0) is 14.0. The Hall–Kier alpha value is -1.71. The highest BCUT2D eigenvalue weighted by Crippen LogP contribution is 2.29. The number of carbonyl (C=O) groups is 1. The van der Waals surface area contributed by atoms with Gasteiger partial charge in [-0.25, -0.2) is 0 Å². The molecule has 1 heterocycles. The summed E-state index contributed by atoms with van der Waals surface area (Å²) in [5.41, 5.74) is 0.516. The highest BCUT2D eigenvalue weighted by atomic mass is 16.5. The standard InChI is InChI=1S/C15H21NO3/c1-10(2)12-6-7-16(9-12)15(18)11-4-5-14(19-3)13(17)8-11/h4-5,8,10,12,17H,6-7,9H2,1-3H3. The molecule has 2 rings (SSSR count). The SMILES string of the molecule is COc1ccc(C(=O)N2CCC(C(C)C)C2)cc1O. The van der Waals surface area contributed by atoms with Crippen LogP contribution >= 0.6 is 0 Å². The van der Waals surface area contributed by atoms with Crippen LogP contribution in [0.25, 0.3) is 0 Å². The molecule has 1 aliphatic heterocycles. The second-order valence-electron chi connectivity index (χ2n) is 5.43. The van der Waals surface area contributed by atoms with Crippen LogP contribution in [0.3, 0.4) is 0 Å². The Labute approximate surface area is 114 Å². The molecule has 0 radical (unpaired) electrons. The van der Waals surface area contributed by atoms with Gasteiger partial charge < -0.3 is 14.7 Å². The van der Waals surface area contributed by atoms with Crippen molar-refractivity contribution in [3.05, 3.63) is 23.8 Å². The minimum atomic E-state index is -0.0129. The van der Waals surface area contributed by atoms with Crippen molar-refractivity contribution in [2.45, 2.75) is 20.3 Å². The molecule has 1 fully saturated rings. The lowest BCUT2D eigenvalue weighted by molar-refractivity contribution is 0.0783. The van der Waals surface area contributed by atoms with E-state index in [4.69, 9.17) is 4.74 Å². The van der Waals surface area contributed by atoms with Gasteiger partial charge in [0.15, 0.2) is 11.5 Å². The van der Waals surface area contributed by atoms with Crippen molar-refractivity contribution in [2.24, 2.45) is 11.8 Å². The van der Waals surface area contributed by atoms with E-state index in [1.54, 1.807) is 12.1 Å². The number of carbonyl (C=O) groups excluding carboxylic acids is 1. The van der Waals surface area contributed by atoms with Gasteiger partial charge in [-0.15, -0.1) is 0 Å². The van der Waals surface area contributed by atoms with Crippen molar-refractivity contribution in [3.63, 3.8) is 0 Å². The average Bonchev–Trinajstić information content (AvgIpc) is 2.87. The maximum absolute atomic E-state index is 12.3. The molecule has 0 spiro atoms. The molecule has 104 valence electrons. The van der Waals surface area contributed by atoms with Crippen molar-refractivity contribution in [2.75, 3.05) is 20.2 Å². The van der Waals surface area contributed by atoms with E-state index in [1.165, 1.54) is 13.2 Å². The molecule has 1 atom stereocenters. The number of nitrogens with zero attached hydrogens (tertiary/aromatic N) is 1. The summed E-state index contributed by atoms with van der Waals surface area (Å²) in [4.78, 5) is 14.2. The highest BCUT2D eigenvalue weighted by Gasteiger charge is 2.28. The molecule has 0 bridgehead atoms. The van der Waals surface area contributed by atoms with Crippen LogP contribution < -0.4 is 4.74 Å². The molecule has 0 aromatic heterocycles. The molecule has 4 nitrogen and oxygen atoms in total. The minimum Gasteiger partial charge on any atom is -0.504 e. The number of aromatic hydroxyl groups is 1. The third-order valence-corrected chi connectivity index (χ3v) is 3.88. The van der Waals surface area contributed by atoms with Gasteiger partial charge >= 0.3 is 0 Å². The van der Waals surface area contributed by atoms with Crippen molar-refractivity contribution < 1.29 is 14.6 Å². The number of likely N-dealkylation sites (tertiary alicyclic amines) is 1. The fraction of sp³-hybridized carbons (Fsp3) is 0.533. The molecular weight excluding hydrogens is 242 g/mol. The molecule has 1 aromatic carbocycles. The van der Waals surface area contributed by atoms with Crippen LogP contribution in [0.15, 0.2) is 18.2 Å². The van der Waals surface area contributed by atoms with E-state index in [9.17, 15) is 9.90 Å². The lowest BCUT2D eigenvalue weighted by Gasteiger charge is -2.18. The van der Waals surface area contributed by atoms with Crippen LogP contribution in [-0.4, -0.2) is 36.1 Å². The predicted octanol–water partition coefficient (Wildman–Crippen LogP) is 2.52. The summed E-state index contributed by atoms with van der Waals surface area (Å²) in [6.45, 7) is 5.99. The maximum atomic E-state index is 12.3. The molecule has 0 aliphatic carbocycles. The Morgan fingerprint density at radius 2 is 2.21 bits per heavy atom. The second-order valence-corrected chi connectivity index (χ2v) is 5.43. The molecule has 19 heavy (non-hydrogen) atoms. The zero-order valence-corrected chi connectivity index (χ0v) is 11.7. The smallest absolute Gasteiger partial charge is 0.254 e. The first-order valence-electron chi connectivity index (χ1n) is 6.69. The summed E-state index contributed by atoms with van der Waals surface area (Å²) >= 11 is 0. The number of phenols is 1. The normalized spacial score (nSPS) is 18.9. The molecule has 0 saturated carbocycles. The molecule has 1 saturated heterocycles. The van der Waals surface area contributed by atoms with Crippen LogP contribution in [-0.2, 0) is 0 Å². The average molecular weight is 263 g/mol. The summed E-state index contributed by atoms with van der Waals surface area (Å²) < 4.78 is 4.98. The molecule has 4 heteroatoms. The topological polar surface area (TPSA) is 49.8 Å². The summed E-state index contributed by atoms with van der Waals surface area (Å²) in [6.07, 6.45) is 1.06. The van der Waals surface area contributed by atoms with Crippen LogP contribution in [0.2, 0.25) is 0 Å². The summed E-state index contributed by atoms with van der Waals surface area (Å²) in [5.74, 6) is 1.56. The Morgan fingerprint density at radius 3 is 2.74 bits per heavy atom. The molecule has 1 unspecified atom stereocenters. The van der Waals surface area contributed by atoms with Gasteiger partial charge in [-0.2, -0.15) is 0 Å². The molecule has 1 aromatic rings. The number of phenolic OH excluding ortho intramolecular Hbond substituents is 1. The second kappa shape index (κ2) is 5.51.